The number of rotatable bonds is 2. The van der Waals surface area contributed by atoms with Crippen LogP contribution < -0.4 is 5.73 Å². The van der Waals surface area contributed by atoms with Gasteiger partial charge in [0.1, 0.15) is 0 Å². The molecule has 5 heteroatoms. The van der Waals surface area contributed by atoms with Gasteiger partial charge < -0.3 is 10.6 Å². The molecule has 1 aliphatic carbocycles. The molecule has 0 radical (unpaired) electrons. The van der Waals surface area contributed by atoms with Gasteiger partial charge in [0, 0.05) is 30.4 Å². The summed E-state index contributed by atoms with van der Waals surface area (Å²) >= 11 is 0. The zero-order valence-corrected chi connectivity index (χ0v) is 14.4. The van der Waals surface area contributed by atoms with E-state index in [1.807, 2.05) is 9.58 Å². The van der Waals surface area contributed by atoms with Gasteiger partial charge >= 0.3 is 0 Å². The number of nitrogens with zero attached hydrogens (tertiary/aromatic N) is 3. The van der Waals surface area contributed by atoms with Crippen LogP contribution in [0.4, 0.5) is 0 Å². The van der Waals surface area contributed by atoms with Crippen molar-refractivity contribution in [1.29, 1.82) is 0 Å². The number of amides is 1. The molecule has 1 fully saturated rings. The fourth-order valence-electron chi connectivity index (χ4n) is 3.97. The minimum Gasteiger partial charge on any atom is -0.336 e. The molecule has 1 aromatic heterocycles. The first-order valence-corrected chi connectivity index (χ1v) is 8.78. The highest BCUT2D eigenvalue weighted by atomic mass is 16.2. The number of aryl methyl sites for hydroxylation is 2. The maximum absolute atomic E-state index is 12.9. The molecule has 1 saturated heterocycles. The van der Waals surface area contributed by atoms with Crippen molar-refractivity contribution in [2.75, 3.05) is 13.1 Å². The third kappa shape index (κ3) is 2.44. The summed E-state index contributed by atoms with van der Waals surface area (Å²) in [5, 5.41) is 4.75. The average molecular weight is 324 g/mol. The predicted octanol–water partition coefficient (Wildman–Crippen LogP) is 2.15. The van der Waals surface area contributed by atoms with Crippen LogP contribution in [0.1, 0.15) is 45.7 Å². The quantitative estimate of drug-likeness (QED) is 0.920. The second-order valence-electron chi connectivity index (χ2n) is 7.13. The molecule has 5 nitrogen and oxygen atoms in total. The summed E-state index contributed by atoms with van der Waals surface area (Å²) in [6.07, 6.45) is 3.91. The maximum Gasteiger partial charge on any atom is 0.274 e. The Kier molecular flexibility index (Phi) is 3.68. The zero-order valence-electron chi connectivity index (χ0n) is 14.4. The Labute approximate surface area is 142 Å². The molecule has 2 heterocycles. The van der Waals surface area contributed by atoms with Crippen LogP contribution in [0.2, 0.25) is 0 Å². The Balaban J connectivity index is 1.76. The van der Waals surface area contributed by atoms with Crippen molar-refractivity contribution >= 4 is 5.91 Å². The summed E-state index contributed by atoms with van der Waals surface area (Å²) in [7, 11) is 0. The lowest BCUT2D eigenvalue weighted by Gasteiger charge is -2.14. The lowest BCUT2D eigenvalue weighted by atomic mass is 10.1. The Hall–Kier alpha value is -2.14. The summed E-state index contributed by atoms with van der Waals surface area (Å²) in [5.74, 6) is 0.0459. The number of carbonyl (C=O) groups excluding carboxylic acids is 1. The number of hydrogen-bond acceptors (Lipinski definition) is 3. The van der Waals surface area contributed by atoms with Crippen molar-refractivity contribution in [3.8, 4) is 5.69 Å². The van der Waals surface area contributed by atoms with Gasteiger partial charge in [0.05, 0.1) is 5.69 Å². The highest BCUT2D eigenvalue weighted by Crippen LogP contribution is 2.30. The molecule has 24 heavy (non-hydrogen) atoms. The van der Waals surface area contributed by atoms with Crippen LogP contribution in [0.5, 0.6) is 0 Å². The smallest absolute Gasteiger partial charge is 0.274 e. The molecule has 0 unspecified atom stereocenters. The standard InChI is InChI=1S/C19H24N4O/c1-12-6-7-16(13(2)10-12)23-17-5-3-4-15(17)18(21-23)19(24)22-9-8-14(20)11-22/h6-7,10,14H,3-5,8-9,11,20H2,1-2H3/t14-/m1/s1. The van der Waals surface area contributed by atoms with Gasteiger partial charge in [0.25, 0.3) is 5.91 Å². The van der Waals surface area contributed by atoms with E-state index in [2.05, 4.69) is 32.0 Å². The Bertz CT molecular complexity index is 808. The molecular weight excluding hydrogens is 300 g/mol. The van der Waals surface area contributed by atoms with E-state index in [1.165, 1.54) is 16.8 Å². The fraction of sp³-hybridized carbons (Fsp3) is 0.474. The van der Waals surface area contributed by atoms with Crippen molar-refractivity contribution in [3.05, 3.63) is 46.3 Å². The Morgan fingerprint density at radius 2 is 2.12 bits per heavy atom. The molecule has 1 atom stereocenters. The number of benzene rings is 1. The van der Waals surface area contributed by atoms with Crippen LogP contribution in [-0.2, 0) is 12.8 Å². The summed E-state index contributed by atoms with van der Waals surface area (Å²) < 4.78 is 2.00. The second kappa shape index (κ2) is 5.74. The number of hydrogen-bond donors (Lipinski definition) is 1. The molecule has 126 valence electrons. The van der Waals surface area contributed by atoms with Gasteiger partial charge in [-0.05, 0) is 51.2 Å². The van der Waals surface area contributed by atoms with Crippen LogP contribution in [0.25, 0.3) is 5.69 Å². The van der Waals surface area contributed by atoms with Crippen LogP contribution >= 0.6 is 0 Å². The first kappa shape index (κ1) is 15.4. The van der Waals surface area contributed by atoms with Crippen LogP contribution in [-0.4, -0.2) is 39.7 Å². The van der Waals surface area contributed by atoms with Crippen molar-refractivity contribution in [2.45, 2.75) is 45.6 Å². The third-order valence-corrected chi connectivity index (χ3v) is 5.23. The highest BCUT2D eigenvalue weighted by Gasteiger charge is 2.32. The van der Waals surface area contributed by atoms with E-state index in [9.17, 15) is 4.79 Å². The number of nitrogens with two attached hydrogens (primary N) is 1. The van der Waals surface area contributed by atoms with Crippen LogP contribution in [0.15, 0.2) is 18.2 Å². The van der Waals surface area contributed by atoms with Crippen molar-refractivity contribution in [2.24, 2.45) is 5.73 Å². The normalized spacial score (nSPS) is 19.8. The largest absolute Gasteiger partial charge is 0.336 e. The van der Waals surface area contributed by atoms with Crippen LogP contribution in [0.3, 0.4) is 0 Å². The van der Waals surface area contributed by atoms with Gasteiger partial charge in [-0.3, -0.25) is 4.79 Å². The lowest BCUT2D eigenvalue weighted by Crippen LogP contribution is -2.32. The molecule has 2 aromatic rings. The Morgan fingerprint density at radius 1 is 1.29 bits per heavy atom. The predicted molar refractivity (Wildman–Crippen MR) is 93.6 cm³/mol. The molecular formula is C19H24N4O. The van der Waals surface area contributed by atoms with Crippen LogP contribution in [0, 0.1) is 13.8 Å². The van der Waals surface area contributed by atoms with Crippen molar-refractivity contribution < 1.29 is 4.79 Å². The van der Waals surface area contributed by atoms with Gasteiger partial charge in [-0.1, -0.05) is 17.7 Å². The van der Waals surface area contributed by atoms with Crippen molar-refractivity contribution in [3.63, 3.8) is 0 Å². The van der Waals surface area contributed by atoms with E-state index in [0.717, 1.165) is 43.5 Å². The van der Waals surface area contributed by atoms with E-state index in [-0.39, 0.29) is 11.9 Å². The van der Waals surface area contributed by atoms with Gasteiger partial charge in [-0.15, -0.1) is 0 Å². The summed E-state index contributed by atoms with van der Waals surface area (Å²) in [5.41, 5.74) is 12.4. The lowest BCUT2D eigenvalue weighted by molar-refractivity contribution is 0.0783. The molecule has 0 bridgehead atoms. The first-order valence-electron chi connectivity index (χ1n) is 8.78. The maximum atomic E-state index is 12.9. The number of aromatic nitrogens is 2. The van der Waals surface area contributed by atoms with E-state index >= 15 is 0 Å². The summed E-state index contributed by atoms with van der Waals surface area (Å²) in [6.45, 7) is 5.58. The molecule has 1 aromatic carbocycles. The Morgan fingerprint density at radius 3 is 2.83 bits per heavy atom. The summed E-state index contributed by atoms with van der Waals surface area (Å²) in [4.78, 5) is 14.8. The second-order valence-corrected chi connectivity index (χ2v) is 7.13. The van der Waals surface area contributed by atoms with Gasteiger partial charge in [-0.25, -0.2) is 4.68 Å². The fourth-order valence-corrected chi connectivity index (χ4v) is 3.97. The van der Waals surface area contributed by atoms with E-state index in [0.29, 0.717) is 12.2 Å². The van der Waals surface area contributed by atoms with E-state index in [1.54, 1.807) is 0 Å². The average Bonchev–Trinajstić information content (AvgIpc) is 3.23. The number of likely N-dealkylation sites (tertiary alicyclic amines) is 1. The zero-order chi connectivity index (χ0) is 16.8. The van der Waals surface area contributed by atoms with Gasteiger partial charge in [0.2, 0.25) is 0 Å². The van der Waals surface area contributed by atoms with Gasteiger partial charge in [0.15, 0.2) is 5.69 Å². The van der Waals surface area contributed by atoms with E-state index < -0.39 is 0 Å². The molecule has 1 aliphatic heterocycles. The molecule has 2 aliphatic rings. The topological polar surface area (TPSA) is 64.2 Å². The number of fused-ring (bicyclic) bond motifs is 1. The number of carbonyl (C=O) groups is 1. The van der Waals surface area contributed by atoms with Crippen molar-refractivity contribution in [1.82, 2.24) is 14.7 Å². The molecule has 0 saturated carbocycles. The first-order chi connectivity index (χ1) is 11.5. The molecule has 2 N–H and O–H groups in total. The molecule has 0 spiro atoms. The third-order valence-electron chi connectivity index (χ3n) is 5.23. The minimum atomic E-state index is 0.0459. The van der Waals surface area contributed by atoms with Gasteiger partial charge in [-0.2, -0.15) is 5.10 Å². The monoisotopic (exact) mass is 324 g/mol. The van der Waals surface area contributed by atoms with E-state index in [4.69, 9.17) is 10.8 Å². The molecule has 4 rings (SSSR count). The molecule has 1 amide bonds. The SMILES string of the molecule is Cc1ccc(-n2nc(C(=O)N3CC[C@@H](N)C3)c3c2CCC3)c(C)c1. The minimum absolute atomic E-state index is 0.0459. The summed E-state index contributed by atoms with van der Waals surface area (Å²) in [6, 6.07) is 6.48. The highest BCUT2D eigenvalue weighted by molar-refractivity contribution is 5.94.